The molecule has 92 valence electrons. The molecule has 0 saturated carbocycles. The summed E-state index contributed by atoms with van der Waals surface area (Å²) in [6.07, 6.45) is 0. The molecule has 0 aliphatic rings. The number of hydrogen-bond donors (Lipinski definition) is 1. The molecule has 1 N–H and O–H groups in total. The molecule has 2 aromatic carbocycles. The first-order chi connectivity index (χ1) is 8.72. The van der Waals surface area contributed by atoms with Crippen molar-refractivity contribution >= 4 is 11.6 Å². The number of ether oxygens (including phenoxy) is 1. The molecule has 0 fully saturated rings. The second-order valence-electron chi connectivity index (χ2n) is 3.97. The van der Waals surface area contributed by atoms with Crippen molar-refractivity contribution in [1.82, 2.24) is 0 Å². The summed E-state index contributed by atoms with van der Waals surface area (Å²) in [4.78, 5) is 12.2. The van der Waals surface area contributed by atoms with Crippen LogP contribution in [-0.4, -0.2) is 13.0 Å². The Bertz CT molecular complexity index is 564. The van der Waals surface area contributed by atoms with Gasteiger partial charge >= 0.3 is 0 Å². The van der Waals surface area contributed by atoms with Crippen LogP contribution in [0.2, 0.25) is 0 Å². The number of para-hydroxylation sites is 2. The molecule has 18 heavy (non-hydrogen) atoms. The van der Waals surface area contributed by atoms with E-state index in [4.69, 9.17) is 4.74 Å². The van der Waals surface area contributed by atoms with Gasteiger partial charge in [-0.1, -0.05) is 30.3 Å². The fraction of sp³-hybridized carbons (Fsp3) is 0.133. The van der Waals surface area contributed by atoms with Gasteiger partial charge in [0.15, 0.2) is 0 Å². The van der Waals surface area contributed by atoms with E-state index in [9.17, 15) is 4.79 Å². The highest BCUT2D eigenvalue weighted by atomic mass is 16.5. The molecule has 0 saturated heterocycles. The Labute approximate surface area is 106 Å². The Morgan fingerprint density at radius 1 is 1.06 bits per heavy atom. The van der Waals surface area contributed by atoms with E-state index in [1.54, 1.807) is 19.2 Å². The van der Waals surface area contributed by atoms with Gasteiger partial charge < -0.3 is 10.1 Å². The van der Waals surface area contributed by atoms with Crippen LogP contribution < -0.4 is 10.1 Å². The maximum Gasteiger partial charge on any atom is 0.259 e. The van der Waals surface area contributed by atoms with Crippen molar-refractivity contribution < 1.29 is 9.53 Å². The lowest BCUT2D eigenvalue weighted by molar-refractivity contribution is 0.102. The van der Waals surface area contributed by atoms with Crippen molar-refractivity contribution in [3.05, 3.63) is 59.7 Å². The minimum atomic E-state index is -0.165. The zero-order valence-electron chi connectivity index (χ0n) is 10.4. The van der Waals surface area contributed by atoms with Crippen LogP contribution in [0.5, 0.6) is 5.75 Å². The summed E-state index contributed by atoms with van der Waals surface area (Å²) in [6.45, 7) is 1.96. The molecule has 0 spiro atoms. The van der Waals surface area contributed by atoms with Crippen molar-refractivity contribution in [2.75, 3.05) is 12.4 Å². The van der Waals surface area contributed by atoms with Gasteiger partial charge in [-0.2, -0.15) is 0 Å². The molecule has 0 bridgehead atoms. The SMILES string of the molecule is COc1ccccc1C(=O)Nc1ccccc1C. The Balaban J connectivity index is 2.25. The van der Waals surface area contributed by atoms with Crippen LogP contribution in [0.1, 0.15) is 15.9 Å². The molecule has 0 aliphatic carbocycles. The van der Waals surface area contributed by atoms with Gasteiger partial charge in [-0.15, -0.1) is 0 Å². The van der Waals surface area contributed by atoms with E-state index in [-0.39, 0.29) is 5.91 Å². The lowest BCUT2D eigenvalue weighted by Crippen LogP contribution is -2.13. The maximum absolute atomic E-state index is 12.2. The average Bonchev–Trinajstić information content (AvgIpc) is 2.41. The van der Waals surface area contributed by atoms with Crippen LogP contribution in [0.3, 0.4) is 0 Å². The zero-order chi connectivity index (χ0) is 13.0. The lowest BCUT2D eigenvalue weighted by Gasteiger charge is -2.10. The summed E-state index contributed by atoms with van der Waals surface area (Å²) in [5.41, 5.74) is 2.37. The fourth-order valence-corrected chi connectivity index (χ4v) is 1.74. The summed E-state index contributed by atoms with van der Waals surface area (Å²) in [7, 11) is 1.56. The molecule has 2 rings (SSSR count). The van der Waals surface area contributed by atoms with Crippen LogP contribution in [0.15, 0.2) is 48.5 Å². The van der Waals surface area contributed by atoms with Crippen molar-refractivity contribution in [3.8, 4) is 5.75 Å². The lowest BCUT2D eigenvalue weighted by atomic mass is 10.1. The van der Waals surface area contributed by atoms with Crippen LogP contribution in [0.25, 0.3) is 0 Å². The van der Waals surface area contributed by atoms with Gasteiger partial charge in [0.2, 0.25) is 0 Å². The largest absolute Gasteiger partial charge is 0.496 e. The number of rotatable bonds is 3. The highest BCUT2D eigenvalue weighted by Gasteiger charge is 2.11. The Morgan fingerprint density at radius 3 is 2.44 bits per heavy atom. The van der Waals surface area contributed by atoms with E-state index >= 15 is 0 Å². The second kappa shape index (κ2) is 5.36. The summed E-state index contributed by atoms with van der Waals surface area (Å²) in [5, 5.41) is 2.88. The van der Waals surface area contributed by atoms with E-state index < -0.39 is 0 Å². The standard InChI is InChI=1S/C15H15NO2/c1-11-7-3-5-9-13(11)16-15(17)12-8-4-6-10-14(12)18-2/h3-10H,1-2H3,(H,16,17). The average molecular weight is 241 g/mol. The molecule has 0 unspecified atom stereocenters. The van der Waals surface area contributed by atoms with Crippen molar-refractivity contribution in [2.24, 2.45) is 0 Å². The quantitative estimate of drug-likeness (QED) is 0.895. The minimum absolute atomic E-state index is 0.165. The Hall–Kier alpha value is -2.29. The van der Waals surface area contributed by atoms with Crippen LogP contribution in [0.4, 0.5) is 5.69 Å². The number of carbonyl (C=O) groups is 1. The van der Waals surface area contributed by atoms with Gasteiger partial charge in [0, 0.05) is 5.69 Å². The van der Waals surface area contributed by atoms with E-state index in [1.807, 2.05) is 43.3 Å². The highest BCUT2D eigenvalue weighted by Crippen LogP contribution is 2.20. The number of anilines is 1. The summed E-state index contributed by atoms with van der Waals surface area (Å²) in [5.74, 6) is 0.408. The molecule has 3 heteroatoms. The molecular weight excluding hydrogens is 226 g/mol. The van der Waals surface area contributed by atoms with Gasteiger partial charge in [-0.05, 0) is 30.7 Å². The molecule has 0 aromatic heterocycles. The van der Waals surface area contributed by atoms with Crippen molar-refractivity contribution in [2.45, 2.75) is 6.92 Å². The topological polar surface area (TPSA) is 38.3 Å². The zero-order valence-corrected chi connectivity index (χ0v) is 10.4. The fourth-order valence-electron chi connectivity index (χ4n) is 1.74. The smallest absolute Gasteiger partial charge is 0.259 e. The van der Waals surface area contributed by atoms with Crippen molar-refractivity contribution in [1.29, 1.82) is 0 Å². The first-order valence-corrected chi connectivity index (χ1v) is 5.72. The monoisotopic (exact) mass is 241 g/mol. The molecule has 0 heterocycles. The molecule has 1 amide bonds. The van der Waals surface area contributed by atoms with E-state index in [2.05, 4.69) is 5.32 Å². The maximum atomic E-state index is 12.2. The van der Waals surface area contributed by atoms with Crippen LogP contribution in [-0.2, 0) is 0 Å². The number of nitrogens with one attached hydrogen (secondary N) is 1. The number of methoxy groups -OCH3 is 1. The Kier molecular flexibility index (Phi) is 3.63. The second-order valence-corrected chi connectivity index (χ2v) is 3.97. The number of carbonyl (C=O) groups excluding carboxylic acids is 1. The third-order valence-corrected chi connectivity index (χ3v) is 2.74. The number of hydrogen-bond acceptors (Lipinski definition) is 2. The summed E-state index contributed by atoms with van der Waals surface area (Å²) >= 11 is 0. The number of aryl methyl sites for hydroxylation is 1. The third-order valence-electron chi connectivity index (χ3n) is 2.74. The molecule has 0 radical (unpaired) electrons. The van der Waals surface area contributed by atoms with Gasteiger partial charge in [-0.25, -0.2) is 0 Å². The molecular formula is C15H15NO2. The van der Waals surface area contributed by atoms with Crippen molar-refractivity contribution in [3.63, 3.8) is 0 Å². The van der Waals surface area contributed by atoms with Gasteiger partial charge in [0.05, 0.1) is 12.7 Å². The molecule has 3 nitrogen and oxygen atoms in total. The number of amides is 1. The normalized spacial score (nSPS) is 9.89. The van der Waals surface area contributed by atoms with Gasteiger partial charge in [0.25, 0.3) is 5.91 Å². The van der Waals surface area contributed by atoms with Gasteiger partial charge in [-0.3, -0.25) is 4.79 Å². The predicted octanol–water partition coefficient (Wildman–Crippen LogP) is 3.26. The predicted molar refractivity (Wildman–Crippen MR) is 72.1 cm³/mol. The van der Waals surface area contributed by atoms with E-state index in [0.717, 1.165) is 11.3 Å². The highest BCUT2D eigenvalue weighted by molar-refractivity contribution is 6.06. The molecule has 0 aliphatic heterocycles. The van der Waals surface area contributed by atoms with E-state index in [0.29, 0.717) is 11.3 Å². The van der Waals surface area contributed by atoms with E-state index in [1.165, 1.54) is 0 Å². The van der Waals surface area contributed by atoms with Crippen LogP contribution >= 0.6 is 0 Å². The van der Waals surface area contributed by atoms with Crippen LogP contribution in [0, 0.1) is 6.92 Å². The summed E-state index contributed by atoms with van der Waals surface area (Å²) in [6, 6.07) is 14.8. The molecule has 2 aromatic rings. The first kappa shape index (κ1) is 12.2. The van der Waals surface area contributed by atoms with Gasteiger partial charge in [0.1, 0.15) is 5.75 Å². The summed E-state index contributed by atoms with van der Waals surface area (Å²) < 4.78 is 5.17. The first-order valence-electron chi connectivity index (χ1n) is 5.72. The minimum Gasteiger partial charge on any atom is -0.496 e. The molecule has 0 atom stereocenters. The Morgan fingerprint density at radius 2 is 1.72 bits per heavy atom. The third kappa shape index (κ3) is 2.51. The number of benzene rings is 2.